The summed E-state index contributed by atoms with van der Waals surface area (Å²) in [7, 11) is 0. The zero-order valence-electron chi connectivity index (χ0n) is 17.6. The van der Waals surface area contributed by atoms with Crippen LogP contribution in [0.5, 0.6) is 0 Å². The van der Waals surface area contributed by atoms with Gasteiger partial charge in [0.15, 0.2) is 0 Å². The molecule has 0 aliphatic carbocycles. The first kappa shape index (κ1) is 21.2. The molecule has 0 fully saturated rings. The number of hydrogen-bond acceptors (Lipinski definition) is 4. The maximum Gasteiger partial charge on any atom is 0.117 e. The molecule has 0 bridgehead atoms. The van der Waals surface area contributed by atoms with Crippen molar-refractivity contribution in [2.24, 2.45) is 0 Å². The van der Waals surface area contributed by atoms with E-state index in [0.717, 1.165) is 49.6 Å². The molecule has 154 valence electrons. The van der Waals surface area contributed by atoms with Crippen LogP contribution < -0.4 is 5.32 Å². The van der Waals surface area contributed by atoms with E-state index in [4.69, 9.17) is 14.9 Å². The lowest BCUT2D eigenvalue weighted by Gasteiger charge is -2.05. The van der Waals surface area contributed by atoms with Gasteiger partial charge in [0, 0.05) is 25.3 Å². The topological polar surface area (TPSA) is 52.0 Å². The minimum atomic E-state index is 0.673. The van der Waals surface area contributed by atoms with Gasteiger partial charge in [-0.1, -0.05) is 73.5 Å². The second-order valence-corrected chi connectivity index (χ2v) is 7.38. The van der Waals surface area contributed by atoms with Crippen LogP contribution in [0.4, 0.5) is 0 Å². The van der Waals surface area contributed by atoms with E-state index in [0.29, 0.717) is 13.1 Å². The number of hydrogen-bond donors (Lipinski definition) is 1. The zero-order valence-corrected chi connectivity index (χ0v) is 17.6. The first-order chi connectivity index (χ1) is 14.3. The third-order valence-corrected chi connectivity index (χ3v) is 4.76. The van der Waals surface area contributed by atoms with Crippen LogP contribution in [-0.2, 0) is 17.8 Å². The normalized spacial score (nSPS) is 11.1. The van der Waals surface area contributed by atoms with Gasteiger partial charge in [-0.05, 0) is 31.9 Å². The molecular formula is C24H32N4O. The van der Waals surface area contributed by atoms with Crippen LogP contribution >= 0.6 is 0 Å². The van der Waals surface area contributed by atoms with E-state index in [9.17, 15) is 0 Å². The maximum atomic E-state index is 5.63. The summed E-state index contributed by atoms with van der Waals surface area (Å²) < 4.78 is 5.63. The summed E-state index contributed by atoms with van der Waals surface area (Å²) in [6.07, 6.45) is 3.32. The fraction of sp³-hybridized carbons (Fsp3) is 0.417. The first-order valence-electron chi connectivity index (χ1n) is 10.6. The van der Waals surface area contributed by atoms with Crippen LogP contribution in [-0.4, -0.2) is 34.8 Å². The average molecular weight is 393 g/mol. The first-order valence-corrected chi connectivity index (χ1v) is 10.6. The van der Waals surface area contributed by atoms with Gasteiger partial charge in [-0.15, -0.1) is 0 Å². The molecule has 5 heteroatoms. The largest absolute Gasteiger partial charge is 0.381 e. The van der Waals surface area contributed by atoms with Crippen molar-refractivity contribution >= 4 is 0 Å². The number of nitrogens with zero attached hydrogens (tertiary/aromatic N) is 3. The Morgan fingerprint density at radius 3 is 2.59 bits per heavy atom. The van der Waals surface area contributed by atoms with E-state index in [2.05, 4.69) is 55.6 Å². The maximum absolute atomic E-state index is 5.63. The van der Waals surface area contributed by atoms with Gasteiger partial charge in [-0.2, -0.15) is 15.0 Å². The van der Waals surface area contributed by atoms with Crippen molar-refractivity contribution in [1.29, 1.82) is 0 Å². The van der Waals surface area contributed by atoms with Crippen molar-refractivity contribution in [3.63, 3.8) is 0 Å². The second-order valence-electron chi connectivity index (χ2n) is 7.38. The Morgan fingerprint density at radius 1 is 0.966 bits per heavy atom. The standard InChI is InChI=1S/C24H32N4O/c1-3-4-15-29-16-9-14-25-18-23-24(22-12-6-5-7-13-22)27-28(26-23)19-21-11-8-10-20(2)17-21/h5-8,10-13,17,25H,3-4,9,14-16,18-19H2,1-2H3. The Bertz CT molecular complexity index is 860. The van der Waals surface area contributed by atoms with Crippen molar-refractivity contribution in [2.45, 2.75) is 46.2 Å². The zero-order chi connectivity index (χ0) is 20.3. The molecule has 0 unspecified atom stereocenters. The summed E-state index contributed by atoms with van der Waals surface area (Å²) in [4.78, 5) is 1.81. The third-order valence-electron chi connectivity index (χ3n) is 4.76. The van der Waals surface area contributed by atoms with Crippen LogP contribution in [0.3, 0.4) is 0 Å². The molecule has 0 aliphatic heterocycles. The Balaban J connectivity index is 1.62. The van der Waals surface area contributed by atoms with Crippen LogP contribution in [0.25, 0.3) is 11.3 Å². The smallest absolute Gasteiger partial charge is 0.117 e. The molecule has 0 aliphatic rings. The molecule has 0 amide bonds. The molecule has 1 heterocycles. The summed E-state index contributed by atoms with van der Waals surface area (Å²) >= 11 is 0. The molecular weight excluding hydrogens is 360 g/mol. The Hall–Kier alpha value is -2.50. The Morgan fingerprint density at radius 2 is 1.79 bits per heavy atom. The predicted molar refractivity (Wildman–Crippen MR) is 118 cm³/mol. The Labute approximate surface area is 174 Å². The number of benzene rings is 2. The van der Waals surface area contributed by atoms with E-state index in [1.165, 1.54) is 17.5 Å². The van der Waals surface area contributed by atoms with E-state index in [-0.39, 0.29) is 0 Å². The highest BCUT2D eigenvalue weighted by molar-refractivity contribution is 5.60. The highest BCUT2D eigenvalue weighted by atomic mass is 16.5. The molecule has 0 atom stereocenters. The molecule has 29 heavy (non-hydrogen) atoms. The molecule has 0 radical (unpaired) electrons. The number of nitrogens with one attached hydrogen (secondary N) is 1. The molecule has 0 saturated carbocycles. The minimum Gasteiger partial charge on any atom is -0.381 e. The van der Waals surface area contributed by atoms with Gasteiger partial charge in [0.1, 0.15) is 11.4 Å². The van der Waals surface area contributed by atoms with Crippen molar-refractivity contribution in [1.82, 2.24) is 20.3 Å². The van der Waals surface area contributed by atoms with Gasteiger partial charge in [0.2, 0.25) is 0 Å². The van der Waals surface area contributed by atoms with Gasteiger partial charge < -0.3 is 10.1 Å². The number of ether oxygens (including phenoxy) is 1. The third kappa shape index (κ3) is 6.80. The number of aryl methyl sites for hydroxylation is 1. The summed E-state index contributed by atoms with van der Waals surface area (Å²) in [5.74, 6) is 0. The van der Waals surface area contributed by atoms with Gasteiger partial charge in [-0.3, -0.25) is 0 Å². The number of unbranched alkanes of at least 4 members (excludes halogenated alkanes) is 1. The average Bonchev–Trinajstić information content (AvgIpc) is 3.13. The van der Waals surface area contributed by atoms with E-state index in [1.54, 1.807) is 0 Å². The number of rotatable bonds is 12. The summed E-state index contributed by atoms with van der Waals surface area (Å²) in [6.45, 7) is 8.24. The van der Waals surface area contributed by atoms with Crippen molar-refractivity contribution in [2.75, 3.05) is 19.8 Å². The minimum absolute atomic E-state index is 0.673. The fourth-order valence-corrected chi connectivity index (χ4v) is 3.22. The molecule has 3 aromatic rings. The number of aromatic nitrogens is 3. The van der Waals surface area contributed by atoms with Crippen LogP contribution in [0.1, 0.15) is 43.0 Å². The molecule has 1 N–H and O–H groups in total. The SMILES string of the molecule is CCCCOCCCNCc1nn(Cc2cccc(C)c2)nc1-c1ccccc1. The molecule has 5 nitrogen and oxygen atoms in total. The monoisotopic (exact) mass is 392 g/mol. The molecule has 3 rings (SSSR count). The Kier molecular flexibility index (Phi) is 8.40. The summed E-state index contributed by atoms with van der Waals surface area (Å²) in [5.41, 5.74) is 5.49. The van der Waals surface area contributed by atoms with E-state index in [1.807, 2.05) is 23.0 Å². The predicted octanol–water partition coefficient (Wildman–Crippen LogP) is 4.60. The highest BCUT2D eigenvalue weighted by Gasteiger charge is 2.13. The molecule has 0 saturated heterocycles. The van der Waals surface area contributed by atoms with Crippen LogP contribution in [0, 0.1) is 6.92 Å². The highest BCUT2D eigenvalue weighted by Crippen LogP contribution is 2.20. The lowest BCUT2D eigenvalue weighted by Crippen LogP contribution is -2.17. The van der Waals surface area contributed by atoms with Gasteiger partial charge in [0.25, 0.3) is 0 Å². The van der Waals surface area contributed by atoms with Crippen LogP contribution in [0.15, 0.2) is 54.6 Å². The van der Waals surface area contributed by atoms with E-state index < -0.39 is 0 Å². The quantitative estimate of drug-likeness (QED) is 0.458. The van der Waals surface area contributed by atoms with Gasteiger partial charge >= 0.3 is 0 Å². The summed E-state index contributed by atoms with van der Waals surface area (Å²) in [6, 6.07) is 18.8. The van der Waals surface area contributed by atoms with Crippen molar-refractivity contribution in [3.05, 3.63) is 71.4 Å². The van der Waals surface area contributed by atoms with Crippen LogP contribution in [0.2, 0.25) is 0 Å². The van der Waals surface area contributed by atoms with Crippen molar-refractivity contribution < 1.29 is 4.74 Å². The molecule has 0 spiro atoms. The van der Waals surface area contributed by atoms with E-state index >= 15 is 0 Å². The molecule has 2 aromatic carbocycles. The fourth-order valence-electron chi connectivity index (χ4n) is 3.22. The van der Waals surface area contributed by atoms with Gasteiger partial charge in [0.05, 0.1) is 6.54 Å². The van der Waals surface area contributed by atoms with Crippen molar-refractivity contribution in [3.8, 4) is 11.3 Å². The second kappa shape index (κ2) is 11.5. The lowest BCUT2D eigenvalue weighted by atomic mass is 10.1. The summed E-state index contributed by atoms with van der Waals surface area (Å²) in [5, 5.41) is 13.1. The molecule has 1 aromatic heterocycles. The lowest BCUT2D eigenvalue weighted by molar-refractivity contribution is 0.128. The van der Waals surface area contributed by atoms with Gasteiger partial charge in [-0.25, -0.2) is 0 Å².